The van der Waals surface area contributed by atoms with Gasteiger partial charge in [-0.2, -0.15) is 18.3 Å². The summed E-state index contributed by atoms with van der Waals surface area (Å²) in [5.41, 5.74) is 3.16. The van der Waals surface area contributed by atoms with Crippen molar-refractivity contribution in [1.82, 2.24) is 20.1 Å². The highest BCUT2D eigenvalue weighted by molar-refractivity contribution is 5.99. The molecule has 0 aliphatic carbocycles. The van der Waals surface area contributed by atoms with Crippen molar-refractivity contribution in [2.24, 2.45) is 0 Å². The third kappa shape index (κ3) is 5.60. The zero-order valence-electron chi connectivity index (χ0n) is 18.6. The molecule has 1 aliphatic rings. The van der Waals surface area contributed by atoms with E-state index in [2.05, 4.69) is 20.7 Å². The van der Waals surface area contributed by atoms with Crippen LogP contribution in [0.2, 0.25) is 0 Å². The predicted octanol–water partition coefficient (Wildman–Crippen LogP) is 3.39. The van der Waals surface area contributed by atoms with Crippen LogP contribution in [0.5, 0.6) is 0 Å². The molecular formula is C23H24F3N5O3. The van der Waals surface area contributed by atoms with Crippen LogP contribution in [0.4, 0.5) is 18.9 Å². The van der Waals surface area contributed by atoms with E-state index < -0.39 is 17.6 Å². The summed E-state index contributed by atoms with van der Waals surface area (Å²) in [6, 6.07) is 15.7. The molecule has 0 radical (unpaired) electrons. The number of alkyl halides is 3. The highest BCUT2D eigenvalue weighted by Crippen LogP contribution is 2.32. The summed E-state index contributed by atoms with van der Waals surface area (Å²) in [6.07, 6.45) is -2.62. The zero-order chi connectivity index (χ0) is 24.9. The molecule has 34 heavy (non-hydrogen) atoms. The van der Waals surface area contributed by atoms with E-state index in [1.807, 2.05) is 62.4 Å². The Morgan fingerprint density at radius 3 is 2.29 bits per heavy atom. The van der Waals surface area contributed by atoms with E-state index in [1.54, 1.807) is 10.9 Å². The summed E-state index contributed by atoms with van der Waals surface area (Å²) in [6.45, 7) is 5.42. The van der Waals surface area contributed by atoms with Crippen LogP contribution in [-0.4, -0.2) is 51.0 Å². The normalized spacial score (nSPS) is 17.6. The number of hydrogen-bond donors (Lipinski definition) is 3. The fraction of sp³-hybridized carbons (Fsp3) is 0.304. The van der Waals surface area contributed by atoms with Crippen molar-refractivity contribution in [2.75, 3.05) is 18.4 Å². The Labute approximate surface area is 193 Å². The number of rotatable bonds is 4. The van der Waals surface area contributed by atoms with Crippen molar-refractivity contribution in [3.05, 3.63) is 71.7 Å². The number of aryl methyl sites for hydroxylation is 2. The van der Waals surface area contributed by atoms with Gasteiger partial charge in [0.1, 0.15) is 0 Å². The van der Waals surface area contributed by atoms with Gasteiger partial charge in [0.05, 0.1) is 23.0 Å². The minimum absolute atomic E-state index is 0.000589. The smallest absolute Gasteiger partial charge is 0.475 e. The average Bonchev–Trinajstić information content (AvgIpc) is 3.42. The lowest BCUT2D eigenvalue weighted by Gasteiger charge is -2.27. The fourth-order valence-corrected chi connectivity index (χ4v) is 3.72. The number of carboxylic acids is 1. The van der Waals surface area contributed by atoms with Crippen LogP contribution in [0.15, 0.2) is 54.7 Å². The van der Waals surface area contributed by atoms with Gasteiger partial charge in [-0.05, 0) is 50.6 Å². The van der Waals surface area contributed by atoms with Crippen molar-refractivity contribution >= 4 is 17.6 Å². The third-order valence-electron chi connectivity index (χ3n) is 5.39. The Kier molecular flexibility index (Phi) is 7.35. The number of halogens is 3. The van der Waals surface area contributed by atoms with Gasteiger partial charge in [0.2, 0.25) is 5.91 Å². The third-order valence-corrected chi connectivity index (χ3v) is 5.39. The molecule has 8 nitrogen and oxygen atoms in total. The van der Waals surface area contributed by atoms with Gasteiger partial charge in [0, 0.05) is 12.2 Å². The van der Waals surface area contributed by atoms with Crippen molar-refractivity contribution in [3.8, 4) is 5.82 Å². The Morgan fingerprint density at radius 1 is 1.15 bits per heavy atom. The maximum Gasteiger partial charge on any atom is 0.490 e. The van der Waals surface area contributed by atoms with Crippen LogP contribution >= 0.6 is 0 Å². The standard InChI is InChI=1S/C21H23N5O.C2HF3O2/c1-15-12-16(2)26(25-15)19-9-8-18(13-23-19)24-20(27)21(10-11-22-14-21)17-6-4-3-5-7-17;3-2(4,5)1(6)7/h3-9,12-13,22H,10-11,14H2,1-2H3,(H,24,27);(H,6,7). The highest BCUT2D eigenvalue weighted by Gasteiger charge is 2.42. The molecule has 1 aromatic carbocycles. The predicted molar refractivity (Wildman–Crippen MR) is 119 cm³/mol. The van der Waals surface area contributed by atoms with Crippen LogP contribution < -0.4 is 10.6 Å². The van der Waals surface area contributed by atoms with Crippen LogP contribution in [0.3, 0.4) is 0 Å². The van der Waals surface area contributed by atoms with E-state index in [-0.39, 0.29) is 5.91 Å². The molecule has 0 bridgehead atoms. The first-order valence-electron chi connectivity index (χ1n) is 10.4. The number of carboxylic acid groups (broad SMARTS) is 1. The molecule has 4 rings (SSSR count). The number of carbonyl (C=O) groups excluding carboxylic acids is 1. The maximum absolute atomic E-state index is 13.2. The van der Waals surface area contributed by atoms with Crippen molar-refractivity contribution in [1.29, 1.82) is 0 Å². The summed E-state index contributed by atoms with van der Waals surface area (Å²) in [4.78, 5) is 26.5. The molecule has 3 N–H and O–H groups in total. The van der Waals surface area contributed by atoms with Crippen LogP contribution in [0, 0.1) is 13.8 Å². The lowest BCUT2D eigenvalue weighted by Crippen LogP contribution is -2.42. The number of nitrogens with one attached hydrogen (secondary N) is 2. The zero-order valence-corrected chi connectivity index (χ0v) is 18.6. The summed E-state index contributed by atoms with van der Waals surface area (Å²) in [5, 5.41) is 17.9. The lowest BCUT2D eigenvalue weighted by molar-refractivity contribution is -0.192. The highest BCUT2D eigenvalue weighted by atomic mass is 19.4. The summed E-state index contributed by atoms with van der Waals surface area (Å²) >= 11 is 0. The monoisotopic (exact) mass is 475 g/mol. The van der Waals surface area contributed by atoms with Crippen molar-refractivity contribution < 1.29 is 27.9 Å². The molecule has 1 atom stereocenters. The largest absolute Gasteiger partial charge is 0.490 e. The number of benzene rings is 1. The van der Waals surface area contributed by atoms with Gasteiger partial charge >= 0.3 is 12.1 Å². The first-order chi connectivity index (χ1) is 16.0. The second-order valence-electron chi connectivity index (χ2n) is 7.88. The molecule has 1 fully saturated rings. The first-order valence-corrected chi connectivity index (χ1v) is 10.4. The van der Waals surface area contributed by atoms with Gasteiger partial charge in [-0.25, -0.2) is 14.5 Å². The van der Waals surface area contributed by atoms with Crippen molar-refractivity contribution in [2.45, 2.75) is 31.9 Å². The first kappa shape index (κ1) is 24.9. The van der Waals surface area contributed by atoms with Gasteiger partial charge in [0.25, 0.3) is 0 Å². The second kappa shape index (κ2) is 10.0. The fourth-order valence-electron chi connectivity index (χ4n) is 3.72. The van der Waals surface area contributed by atoms with E-state index in [0.717, 1.165) is 35.7 Å². The van der Waals surface area contributed by atoms with E-state index >= 15 is 0 Å². The molecule has 1 saturated heterocycles. The number of aromatic nitrogens is 3. The molecule has 180 valence electrons. The SMILES string of the molecule is Cc1cc(C)n(-c2ccc(NC(=O)C3(c4ccccc4)CCNC3)cn2)n1.O=C(O)C(F)(F)F. The number of pyridine rings is 1. The van der Waals surface area contributed by atoms with E-state index in [1.165, 1.54) is 0 Å². The topological polar surface area (TPSA) is 109 Å². The number of anilines is 1. The Bertz CT molecular complexity index is 1140. The van der Waals surface area contributed by atoms with E-state index in [9.17, 15) is 18.0 Å². The van der Waals surface area contributed by atoms with Gasteiger partial charge in [-0.3, -0.25) is 4.79 Å². The van der Waals surface area contributed by atoms with Gasteiger partial charge in [-0.15, -0.1) is 0 Å². The lowest BCUT2D eigenvalue weighted by atomic mass is 9.78. The van der Waals surface area contributed by atoms with Crippen molar-refractivity contribution in [3.63, 3.8) is 0 Å². The van der Waals surface area contributed by atoms with E-state index in [0.29, 0.717) is 12.2 Å². The number of hydrogen-bond acceptors (Lipinski definition) is 5. The molecule has 1 unspecified atom stereocenters. The minimum Gasteiger partial charge on any atom is -0.475 e. The Morgan fingerprint density at radius 2 is 1.82 bits per heavy atom. The molecule has 11 heteroatoms. The Hall–Kier alpha value is -3.73. The van der Waals surface area contributed by atoms with E-state index in [4.69, 9.17) is 9.90 Å². The summed E-state index contributed by atoms with van der Waals surface area (Å²) in [7, 11) is 0. The van der Waals surface area contributed by atoms with Gasteiger partial charge in [-0.1, -0.05) is 30.3 Å². The summed E-state index contributed by atoms with van der Waals surface area (Å²) in [5.74, 6) is -2.02. The molecule has 0 saturated carbocycles. The quantitative estimate of drug-likeness (QED) is 0.534. The molecule has 2 aromatic heterocycles. The van der Waals surface area contributed by atoms with Crippen LogP contribution in [0.25, 0.3) is 5.82 Å². The molecule has 0 spiro atoms. The van der Waals surface area contributed by atoms with Crippen LogP contribution in [-0.2, 0) is 15.0 Å². The molecule has 3 aromatic rings. The maximum atomic E-state index is 13.2. The molecular weight excluding hydrogens is 451 g/mol. The Balaban J connectivity index is 0.000000406. The minimum atomic E-state index is -5.08. The molecule has 3 heterocycles. The molecule has 1 amide bonds. The second-order valence-corrected chi connectivity index (χ2v) is 7.88. The van der Waals surface area contributed by atoms with Gasteiger partial charge in [0.15, 0.2) is 5.82 Å². The number of amides is 1. The average molecular weight is 475 g/mol. The number of nitrogens with zero attached hydrogens (tertiary/aromatic N) is 3. The van der Waals surface area contributed by atoms with Crippen LogP contribution in [0.1, 0.15) is 23.4 Å². The molecule has 1 aliphatic heterocycles. The summed E-state index contributed by atoms with van der Waals surface area (Å²) < 4.78 is 33.5. The number of carbonyl (C=O) groups is 2. The van der Waals surface area contributed by atoms with Gasteiger partial charge < -0.3 is 15.7 Å². The number of aliphatic carboxylic acids is 1.